The van der Waals surface area contributed by atoms with E-state index in [-0.39, 0.29) is 5.41 Å². The molecule has 0 aromatic heterocycles. The van der Waals surface area contributed by atoms with E-state index >= 15 is 0 Å². The second-order valence-corrected chi connectivity index (χ2v) is 6.60. The van der Waals surface area contributed by atoms with Crippen LogP contribution < -0.4 is 5.32 Å². The molecule has 104 valence electrons. The van der Waals surface area contributed by atoms with Gasteiger partial charge in [0.2, 0.25) is 0 Å². The van der Waals surface area contributed by atoms with Crippen LogP contribution in [0.4, 0.5) is 0 Å². The van der Waals surface area contributed by atoms with Gasteiger partial charge in [0.05, 0.1) is 16.7 Å². The molecule has 2 bridgehead atoms. The molecule has 0 amide bonds. The fourth-order valence-corrected chi connectivity index (χ4v) is 4.15. The number of rotatable bonds is 3. The molecule has 1 saturated heterocycles. The Balaban J connectivity index is 2.00. The summed E-state index contributed by atoms with van der Waals surface area (Å²) < 4.78 is 5.43. The molecule has 1 saturated carbocycles. The van der Waals surface area contributed by atoms with E-state index in [1.807, 2.05) is 6.07 Å². The van der Waals surface area contributed by atoms with Gasteiger partial charge in [0.1, 0.15) is 0 Å². The van der Waals surface area contributed by atoms with Gasteiger partial charge in [-0.1, -0.05) is 29.3 Å². The number of hydrogen-bond donors (Lipinski definition) is 1. The zero-order chi connectivity index (χ0) is 13.5. The van der Waals surface area contributed by atoms with E-state index in [4.69, 9.17) is 27.9 Å². The zero-order valence-corrected chi connectivity index (χ0v) is 12.6. The highest BCUT2D eigenvalue weighted by Crippen LogP contribution is 2.50. The van der Waals surface area contributed by atoms with Crippen LogP contribution in [0, 0.1) is 5.92 Å². The van der Waals surface area contributed by atoms with Crippen LogP contribution in [-0.2, 0) is 10.2 Å². The van der Waals surface area contributed by atoms with Gasteiger partial charge in [0.25, 0.3) is 0 Å². The summed E-state index contributed by atoms with van der Waals surface area (Å²) in [6, 6.07) is 6.76. The largest absolute Gasteiger partial charge is 0.384 e. The zero-order valence-electron chi connectivity index (χ0n) is 11.1. The first-order valence-electron chi connectivity index (χ1n) is 6.83. The third-order valence-electron chi connectivity index (χ3n) is 4.85. The lowest BCUT2D eigenvalue weighted by Gasteiger charge is -2.42. The second kappa shape index (κ2) is 5.25. The van der Waals surface area contributed by atoms with E-state index in [1.165, 1.54) is 24.8 Å². The van der Waals surface area contributed by atoms with Crippen LogP contribution >= 0.6 is 23.2 Å². The van der Waals surface area contributed by atoms with Gasteiger partial charge in [-0.3, -0.25) is 0 Å². The minimum atomic E-state index is 0.208. The van der Waals surface area contributed by atoms with Crippen molar-refractivity contribution in [2.24, 2.45) is 5.92 Å². The van der Waals surface area contributed by atoms with Crippen LogP contribution in [0.5, 0.6) is 0 Å². The van der Waals surface area contributed by atoms with Crippen molar-refractivity contribution in [2.45, 2.75) is 30.7 Å². The fraction of sp³-hybridized carbons (Fsp3) is 0.600. The summed E-state index contributed by atoms with van der Waals surface area (Å²) in [5.74, 6) is 0.508. The maximum atomic E-state index is 6.21. The molecule has 3 rings (SSSR count). The molecule has 1 aromatic rings. The molecule has 2 nitrogen and oxygen atoms in total. The van der Waals surface area contributed by atoms with Crippen molar-refractivity contribution in [1.29, 1.82) is 0 Å². The van der Waals surface area contributed by atoms with Gasteiger partial charge in [-0.25, -0.2) is 0 Å². The molecule has 4 heteroatoms. The first-order chi connectivity index (χ1) is 9.15. The number of methoxy groups -OCH3 is 1. The third-order valence-corrected chi connectivity index (χ3v) is 5.59. The Morgan fingerprint density at radius 1 is 1.37 bits per heavy atom. The number of nitrogens with one attached hydrogen (secondary N) is 1. The summed E-state index contributed by atoms with van der Waals surface area (Å²) in [6.45, 7) is 1.82. The number of ether oxygens (including phenoxy) is 1. The Morgan fingerprint density at radius 2 is 2.21 bits per heavy atom. The molecular weight excluding hydrogens is 281 g/mol. The molecule has 1 aliphatic heterocycles. The van der Waals surface area contributed by atoms with E-state index in [0.717, 1.165) is 13.2 Å². The lowest BCUT2D eigenvalue weighted by atomic mass is 9.67. The van der Waals surface area contributed by atoms with Crippen molar-refractivity contribution in [3.05, 3.63) is 33.8 Å². The summed E-state index contributed by atoms with van der Waals surface area (Å²) >= 11 is 12.3. The average molecular weight is 300 g/mol. The van der Waals surface area contributed by atoms with Crippen molar-refractivity contribution in [1.82, 2.24) is 5.32 Å². The number of piperidine rings is 1. The van der Waals surface area contributed by atoms with Crippen LogP contribution in [0.15, 0.2) is 18.2 Å². The highest BCUT2D eigenvalue weighted by atomic mass is 35.5. The molecule has 2 aliphatic rings. The van der Waals surface area contributed by atoms with E-state index in [1.54, 1.807) is 7.11 Å². The Kier molecular flexibility index (Phi) is 3.78. The van der Waals surface area contributed by atoms with Gasteiger partial charge >= 0.3 is 0 Å². The van der Waals surface area contributed by atoms with Crippen molar-refractivity contribution < 1.29 is 4.74 Å². The van der Waals surface area contributed by atoms with E-state index in [0.29, 0.717) is 22.0 Å². The first kappa shape index (κ1) is 13.7. The predicted octanol–water partition coefficient (Wildman–Crippen LogP) is 3.65. The molecule has 0 spiro atoms. The van der Waals surface area contributed by atoms with Gasteiger partial charge in [0.15, 0.2) is 0 Å². The molecule has 1 heterocycles. The van der Waals surface area contributed by atoms with Gasteiger partial charge < -0.3 is 10.1 Å². The van der Waals surface area contributed by atoms with Crippen LogP contribution in [0.2, 0.25) is 10.0 Å². The van der Waals surface area contributed by atoms with E-state index in [2.05, 4.69) is 17.4 Å². The third kappa shape index (κ3) is 2.29. The Bertz CT molecular complexity index is 479. The lowest BCUT2D eigenvalue weighted by Crippen LogP contribution is -2.48. The van der Waals surface area contributed by atoms with Gasteiger partial charge in [-0.2, -0.15) is 0 Å². The molecule has 3 atom stereocenters. The van der Waals surface area contributed by atoms with Crippen LogP contribution in [0.3, 0.4) is 0 Å². The summed E-state index contributed by atoms with van der Waals surface area (Å²) in [7, 11) is 1.78. The van der Waals surface area contributed by atoms with Gasteiger partial charge in [-0.05, 0) is 37.0 Å². The van der Waals surface area contributed by atoms with E-state index < -0.39 is 0 Å². The summed E-state index contributed by atoms with van der Waals surface area (Å²) in [6.07, 6.45) is 3.62. The quantitative estimate of drug-likeness (QED) is 0.920. The highest BCUT2D eigenvalue weighted by Gasteiger charge is 2.49. The SMILES string of the molecule is COC[C@@H]1CN[C@@H]2CC[C@]1(c1ccc(Cl)c(Cl)c1)C2. The van der Waals surface area contributed by atoms with Crippen molar-refractivity contribution in [2.75, 3.05) is 20.3 Å². The fourth-order valence-electron chi connectivity index (χ4n) is 3.85. The van der Waals surface area contributed by atoms with Crippen molar-refractivity contribution in [3.63, 3.8) is 0 Å². The van der Waals surface area contributed by atoms with Crippen molar-refractivity contribution >= 4 is 23.2 Å². The predicted molar refractivity (Wildman–Crippen MR) is 79.1 cm³/mol. The van der Waals surface area contributed by atoms with Crippen LogP contribution in [0.25, 0.3) is 0 Å². The minimum Gasteiger partial charge on any atom is -0.384 e. The molecule has 1 aromatic carbocycles. The molecule has 19 heavy (non-hydrogen) atoms. The minimum absolute atomic E-state index is 0.208. The molecule has 0 radical (unpaired) electrons. The monoisotopic (exact) mass is 299 g/mol. The second-order valence-electron chi connectivity index (χ2n) is 5.79. The highest BCUT2D eigenvalue weighted by molar-refractivity contribution is 6.42. The average Bonchev–Trinajstić information content (AvgIpc) is 2.76. The van der Waals surface area contributed by atoms with Gasteiger partial charge in [-0.15, -0.1) is 0 Å². The molecule has 2 fully saturated rings. The number of halogens is 2. The lowest BCUT2D eigenvalue weighted by molar-refractivity contribution is 0.0889. The summed E-state index contributed by atoms with van der Waals surface area (Å²) in [5, 5.41) is 4.92. The summed E-state index contributed by atoms with van der Waals surface area (Å²) in [4.78, 5) is 0. The number of benzene rings is 1. The standard InChI is InChI=1S/C15H19Cl2NO/c1-19-9-11-8-18-12-4-5-15(11,7-12)10-2-3-13(16)14(17)6-10/h2-3,6,11-12,18H,4-5,7-9H2,1H3/t11-,12+,15+/m0/s1. The smallest absolute Gasteiger partial charge is 0.0595 e. The first-order valence-corrected chi connectivity index (χ1v) is 7.59. The molecule has 1 aliphatic carbocycles. The summed E-state index contributed by atoms with van der Waals surface area (Å²) in [5.41, 5.74) is 1.54. The Hall–Kier alpha value is -0.280. The molecular formula is C15H19Cl2NO. The Morgan fingerprint density at radius 3 is 2.95 bits per heavy atom. The normalized spacial score (nSPS) is 33.6. The van der Waals surface area contributed by atoms with Gasteiger partial charge in [0, 0.05) is 31.0 Å². The van der Waals surface area contributed by atoms with Crippen molar-refractivity contribution in [3.8, 4) is 0 Å². The number of fused-ring (bicyclic) bond motifs is 2. The topological polar surface area (TPSA) is 21.3 Å². The van der Waals surface area contributed by atoms with Crippen LogP contribution in [-0.4, -0.2) is 26.3 Å². The van der Waals surface area contributed by atoms with E-state index in [9.17, 15) is 0 Å². The number of hydrogen-bond acceptors (Lipinski definition) is 2. The maximum Gasteiger partial charge on any atom is 0.0595 e. The van der Waals surface area contributed by atoms with Crippen LogP contribution in [0.1, 0.15) is 24.8 Å². The molecule has 1 N–H and O–H groups in total. The Labute approximate surface area is 124 Å². The molecule has 0 unspecified atom stereocenters. The maximum absolute atomic E-state index is 6.21.